The van der Waals surface area contributed by atoms with E-state index in [4.69, 9.17) is 9.47 Å². The van der Waals surface area contributed by atoms with Crippen LogP contribution in [0.15, 0.2) is 24.3 Å². The van der Waals surface area contributed by atoms with E-state index in [1.165, 1.54) is 12.1 Å². The summed E-state index contributed by atoms with van der Waals surface area (Å²) in [5.41, 5.74) is 3.20. The van der Waals surface area contributed by atoms with E-state index >= 15 is 0 Å². The molecule has 1 heterocycles. The van der Waals surface area contributed by atoms with E-state index in [-0.39, 0.29) is 24.1 Å². The van der Waals surface area contributed by atoms with Crippen LogP contribution < -0.4 is 0 Å². The van der Waals surface area contributed by atoms with Crippen molar-refractivity contribution < 1.29 is 23.5 Å². The first-order valence-electron chi connectivity index (χ1n) is 9.26. The van der Waals surface area contributed by atoms with Crippen LogP contribution in [0.2, 0.25) is 0 Å². The third-order valence-corrected chi connectivity index (χ3v) is 4.84. The number of carbonyl (C=O) groups is 2. The first-order valence-corrected chi connectivity index (χ1v) is 9.26. The van der Waals surface area contributed by atoms with Gasteiger partial charge in [-0.25, -0.2) is 9.18 Å². The molecule has 0 spiro atoms. The van der Waals surface area contributed by atoms with Crippen molar-refractivity contribution in [3.05, 3.63) is 58.2 Å². The molecule has 144 valence electrons. The van der Waals surface area contributed by atoms with Crippen LogP contribution in [0.5, 0.6) is 0 Å². The van der Waals surface area contributed by atoms with Crippen LogP contribution in [0.3, 0.4) is 0 Å². The average molecular weight is 373 g/mol. The topological polar surface area (TPSA) is 68.4 Å². The van der Waals surface area contributed by atoms with Crippen LogP contribution in [0.25, 0.3) is 0 Å². The summed E-state index contributed by atoms with van der Waals surface area (Å²) in [6, 6.07) is 6.22. The molecular formula is C21H24FNO4. The highest BCUT2D eigenvalue weighted by molar-refractivity contribution is 6.03. The molecule has 1 aliphatic rings. The van der Waals surface area contributed by atoms with Crippen molar-refractivity contribution in [3.63, 3.8) is 0 Å². The molecule has 0 fully saturated rings. The van der Waals surface area contributed by atoms with Crippen molar-refractivity contribution in [2.75, 3.05) is 19.8 Å². The van der Waals surface area contributed by atoms with Gasteiger partial charge >= 0.3 is 5.97 Å². The third-order valence-electron chi connectivity index (χ3n) is 4.84. The van der Waals surface area contributed by atoms with Gasteiger partial charge in [0.05, 0.1) is 6.61 Å². The molecule has 1 aromatic heterocycles. The Bertz CT molecular complexity index is 825. The number of benzene rings is 1. The molecule has 5 nitrogen and oxygen atoms in total. The molecule has 1 aromatic carbocycles. The smallest absolute Gasteiger partial charge is 0.355 e. The van der Waals surface area contributed by atoms with E-state index in [0.29, 0.717) is 42.9 Å². The predicted molar refractivity (Wildman–Crippen MR) is 98.7 cm³/mol. The van der Waals surface area contributed by atoms with Gasteiger partial charge < -0.3 is 14.5 Å². The van der Waals surface area contributed by atoms with Crippen molar-refractivity contribution in [1.29, 1.82) is 0 Å². The van der Waals surface area contributed by atoms with E-state index < -0.39 is 5.97 Å². The Hall–Kier alpha value is -2.47. The van der Waals surface area contributed by atoms with Gasteiger partial charge in [-0.3, -0.25) is 4.79 Å². The molecule has 27 heavy (non-hydrogen) atoms. The SMILES string of the molecule is CCCOCCOC(=O)c1[nH]c2c(c1C)C(=O)CC(c1ccc(F)cc1)C2. The Morgan fingerprint density at radius 2 is 1.93 bits per heavy atom. The summed E-state index contributed by atoms with van der Waals surface area (Å²) in [4.78, 5) is 28.1. The van der Waals surface area contributed by atoms with Gasteiger partial charge in [-0.1, -0.05) is 19.1 Å². The number of aromatic amines is 1. The normalized spacial score (nSPS) is 16.3. The Morgan fingerprint density at radius 3 is 2.63 bits per heavy atom. The van der Waals surface area contributed by atoms with Gasteiger partial charge in [0.1, 0.15) is 18.1 Å². The van der Waals surface area contributed by atoms with Crippen LogP contribution in [0, 0.1) is 12.7 Å². The monoisotopic (exact) mass is 373 g/mol. The number of ketones is 1. The molecule has 0 saturated carbocycles. The second-order valence-corrected chi connectivity index (χ2v) is 6.81. The van der Waals surface area contributed by atoms with Crippen LogP contribution in [-0.2, 0) is 15.9 Å². The highest BCUT2D eigenvalue weighted by atomic mass is 19.1. The van der Waals surface area contributed by atoms with Gasteiger partial charge in [-0.2, -0.15) is 0 Å². The number of ether oxygens (including phenoxy) is 2. The third kappa shape index (κ3) is 4.27. The number of H-pyrrole nitrogens is 1. The zero-order chi connectivity index (χ0) is 19.4. The molecule has 0 amide bonds. The zero-order valence-corrected chi connectivity index (χ0v) is 15.6. The Balaban J connectivity index is 1.73. The van der Waals surface area contributed by atoms with Crippen molar-refractivity contribution in [3.8, 4) is 0 Å². The Morgan fingerprint density at radius 1 is 1.19 bits per heavy atom. The summed E-state index contributed by atoms with van der Waals surface area (Å²) in [6.45, 7) is 4.93. The van der Waals surface area contributed by atoms with Crippen LogP contribution in [-0.4, -0.2) is 36.6 Å². The van der Waals surface area contributed by atoms with Crippen LogP contribution in [0.4, 0.5) is 4.39 Å². The van der Waals surface area contributed by atoms with Crippen molar-refractivity contribution in [1.82, 2.24) is 4.98 Å². The Labute approximate surface area is 157 Å². The summed E-state index contributed by atoms with van der Waals surface area (Å²) >= 11 is 0. The average Bonchev–Trinajstić information content (AvgIpc) is 2.99. The number of Topliss-reactive ketones (excluding diaryl/α,β-unsaturated/α-hetero) is 1. The molecule has 0 aliphatic heterocycles. The summed E-state index contributed by atoms with van der Waals surface area (Å²) in [6.07, 6.45) is 1.85. The number of halogens is 1. The standard InChI is InChI=1S/C21H24FNO4/c1-3-8-26-9-10-27-21(25)20-13(2)19-17(23-20)11-15(12-18(19)24)14-4-6-16(22)7-5-14/h4-7,15,23H,3,8-12H2,1-2H3. The van der Waals surface area contributed by atoms with E-state index in [0.717, 1.165) is 17.7 Å². The number of carbonyl (C=O) groups excluding carboxylic acids is 2. The van der Waals surface area contributed by atoms with Gasteiger partial charge in [0.25, 0.3) is 0 Å². The molecule has 2 aromatic rings. The Kier molecular flexibility index (Phi) is 6.06. The maximum atomic E-state index is 13.2. The second-order valence-electron chi connectivity index (χ2n) is 6.81. The van der Waals surface area contributed by atoms with Gasteiger partial charge in [0.15, 0.2) is 5.78 Å². The molecule has 1 unspecified atom stereocenters. The molecule has 0 saturated heterocycles. The molecule has 1 aliphatic carbocycles. The maximum absolute atomic E-state index is 13.2. The fourth-order valence-electron chi connectivity index (χ4n) is 3.52. The highest BCUT2D eigenvalue weighted by Crippen LogP contribution is 2.35. The summed E-state index contributed by atoms with van der Waals surface area (Å²) in [5, 5.41) is 0. The molecule has 1 atom stereocenters. The van der Waals surface area contributed by atoms with Crippen molar-refractivity contribution >= 4 is 11.8 Å². The number of hydrogen-bond acceptors (Lipinski definition) is 4. The summed E-state index contributed by atoms with van der Waals surface area (Å²) in [5.74, 6) is -0.821. The molecule has 3 rings (SSSR count). The van der Waals surface area contributed by atoms with Gasteiger partial charge in [-0.15, -0.1) is 0 Å². The summed E-state index contributed by atoms with van der Waals surface area (Å²) in [7, 11) is 0. The summed E-state index contributed by atoms with van der Waals surface area (Å²) < 4.78 is 23.7. The first-order chi connectivity index (χ1) is 13.0. The predicted octanol–water partition coefficient (Wildman–Crippen LogP) is 3.96. The number of fused-ring (bicyclic) bond motifs is 1. The van der Waals surface area contributed by atoms with E-state index in [2.05, 4.69) is 4.98 Å². The van der Waals surface area contributed by atoms with E-state index in [9.17, 15) is 14.0 Å². The van der Waals surface area contributed by atoms with E-state index in [1.54, 1.807) is 19.1 Å². The number of hydrogen-bond donors (Lipinski definition) is 1. The fraction of sp³-hybridized carbons (Fsp3) is 0.429. The first kappa shape index (κ1) is 19.3. The largest absolute Gasteiger partial charge is 0.459 e. The maximum Gasteiger partial charge on any atom is 0.355 e. The lowest BCUT2D eigenvalue weighted by atomic mass is 9.81. The van der Waals surface area contributed by atoms with Gasteiger partial charge in [0, 0.05) is 24.3 Å². The lowest BCUT2D eigenvalue weighted by Gasteiger charge is -2.22. The van der Waals surface area contributed by atoms with Gasteiger partial charge in [0.2, 0.25) is 0 Å². The van der Waals surface area contributed by atoms with Crippen molar-refractivity contribution in [2.45, 2.75) is 39.0 Å². The number of rotatable bonds is 7. The highest BCUT2D eigenvalue weighted by Gasteiger charge is 2.32. The number of aromatic nitrogens is 1. The number of nitrogens with one attached hydrogen (secondary N) is 1. The lowest BCUT2D eigenvalue weighted by molar-refractivity contribution is 0.0312. The van der Waals surface area contributed by atoms with E-state index in [1.807, 2.05) is 6.92 Å². The van der Waals surface area contributed by atoms with Crippen molar-refractivity contribution in [2.24, 2.45) is 0 Å². The van der Waals surface area contributed by atoms with Crippen LogP contribution >= 0.6 is 0 Å². The molecular weight excluding hydrogens is 349 g/mol. The minimum Gasteiger partial charge on any atom is -0.459 e. The quantitative estimate of drug-likeness (QED) is 0.589. The fourth-order valence-corrected chi connectivity index (χ4v) is 3.52. The second kappa shape index (κ2) is 8.48. The van der Waals surface area contributed by atoms with Crippen LogP contribution in [0.1, 0.15) is 63.4 Å². The molecule has 0 radical (unpaired) electrons. The molecule has 1 N–H and O–H groups in total. The minimum atomic E-state index is -0.479. The number of esters is 1. The lowest BCUT2D eigenvalue weighted by Crippen LogP contribution is -2.18. The molecule has 6 heteroatoms. The minimum absolute atomic E-state index is 0.00958. The zero-order valence-electron chi connectivity index (χ0n) is 15.6. The molecule has 0 bridgehead atoms. The van der Waals surface area contributed by atoms with Gasteiger partial charge in [-0.05, 0) is 48.9 Å².